The Labute approximate surface area is 225 Å². The summed E-state index contributed by atoms with van der Waals surface area (Å²) in [5.74, 6) is 1.35. The van der Waals surface area contributed by atoms with Gasteiger partial charge in [0.1, 0.15) is 23.8 Å². The summed E-state index contributed by atoms with van der Waals surface area (Å²) in [6, 6.07) is 12.1. The molecule has 4 heterocycles. The van der Waals surface area contributed by atoms with Crippen LogP contribution in [0.2, 0.25) is 0 Å². The van der Waals surface area contributed by atoms with Crippen LogP contribution in [-0.2, 0) is 27.1 Å². The van der Waals surface area contributed by atoms with Gasteiger partial charge >= 0.3 is 5.97 Å². The quantitative estimate of drug-likeness (QED) is 0.427. The van der Waals surface area contributed by atoms with Crippen molar-refractivity contribution in [2.75, 3.05) is 51.8 Å². The lowest BCUT2D eigenvalue weighted by Gasteiger charge is -2.25. The maximum absolute atomic E-state index is 15.9. The fourth-order valence-electron chi connectivity index (χ4n) is 5.84. The van der Waals surface area contributed by atoms with E-state index in [1.807, 2.05) is 30.3 Å². The molecule has 0 aliphatic carbocycles. The number of hydrogen-bond acceptors (Lipinski definition) is 7. The third kappa shape index (κ3) is 7.03. The van der Waals surface area contributed by atoms with Crippen LogP contribution in [0.4, 0.5) is 10.2 Å². The van der Waals surface area contributed by atoms with Gasteiger partial charge < -0.3 is 19.5 Å². The largest absolute Gasteiger partial charge is 0.491 e. The van der Waals surface area contributed by atoms with Crippen LogP contribution in [0.1, 0.15) is 61.3 Å². The van der Waals surface area contributed by atoms with Crippen LogP contribution in [0.15, 0.2) is 36.4 Å². The third-order valence-electron chi connectivity index (χ3n) is 8.07. The van der Waals surface area contributed by atoms with Crippen molar-refractivity contribution in [3.63, 3.8) is 0 Å². The van der Waals surface area contributed by atoms with Crippen molar-refractivity contribution in [1.29, 1.82) is 0 Å². The van der Waals surface area contributed by atoms with Crippen LogP contribution in [0.3, 0.4) is 0 Å². The molecule has 1 aromatic heterocycles. The van der Waals surface area contributed by atoms with Crippen molar-refractivity contribution in [2.45, 2.75) is 69.1 Å². The standard InChI is InChI=1S/C30H40FN3O4/c1-36-28(35)18-24(23-5-2-7-26(17-23)38-20-27-8-4-16-37-27)19-34-15-13-30(31,21-34)12-11-25-10-9-22-6-3-14-32-29(22)33-25/h2,5,7,9-10,17,24,27H,3-4,6,8,11-16,18-21H2,1H3,(H,32,33)/t24?,27-,30-/m0/s1. The van der Waals surface area contributed by atoms with Crippen LogP contribution in [0.25, 0.3) is 0 Å². The Morgan fingerprint density at radius 2 is 2.24 bits per heavy atom. The highest BCUT2D eigenvalue weighted by Gasteiger charge is 2.39. The van der Waals surface area contributed by atoms with Gasteiger partial charge in [0.05, 0.1) is 19.6 Å². The SMILES string of the molecule is COC(=O)CC(CN1CC[C@@](F)(CCc2ccc3c(n2)NCCC3)C1)c1cccc(OC[C@@H]2CCCO2)c1. The van der Waals surface area contributed by atoms with Crippen molar-refractivity contribution in [2.24, 2.45) is 0 Å². The average molecular weight is 526 g/mol. The zero-order chi connectivity index (χ0) is 26.4. The predicted octanol–water partition coefficient (Wildman–Crippen LogP) is 4.69. The molecule has 0 bridgehead atoms. The molecular formula is C30H40FN3O4. The normalized spacial score (nSPS) is 24.0. The average Bonchev–Trinajstić information content (AvgIpc) is 3.60. The number of anilines is 1. The van der Waals surface area contributed by atoms with Crippen molar-refractivity contribution in [3.8, 4) is 5.75 Å². The minimum Gasteiger partial charge on any atom is -0.491 e. The van der Waals surface area contributed by atoms with Crippen LogP contribution in [-0.4, -0.2) is 74.1 Å². The van der Waals surface area contributed by atoms with Crippen LogP contribution in [0.5, 0.6) is 5.75 Å². The summed E-state index contributed by atoms with van der Waals surface area (Å²) in [6.07, 6.45) is 6.21. The summed E-state index contributed by atoms with van der Waals surface area (Å²) in [7, 11) is 1.41. The number of aromatic nitrogens is 1. The Balaban J connectivity index is 1.19. The molecule has 3 aliphatic rings. The minimum atomic E-state index is -1.26. The molecule has 8 heteroatoms. The fourth-order valence-corrected chi connectivity index (χ4v) is 5.84. The number of nitrogens with zero attached hydrogens (tertiary/aromatic N) is 2. The molecule has 38 heavy (non-hydrogen) atoms. The molecule has 0 spiro atoms. The molecule has 2 aromatic rings. The number of hydrogen-bond donors (Lipinski definition) is 1. The summed E-state index contributed by atoms with van der Waals surface area (Å²) in [6.45, 7) is 3.89. The van der Waals surface area contributed by atoms with Gasteiger partial charge in [0.2, 0.25) is 0 Å². The molecule has 0 radical (unpaired) electrons. The molecular weight excluding hydrogens is 485 g/mol. The second-order valence-electron chi connectivity index (χ2n) is 11.0. The second kappa shape index (κ2) is 12.4. The Morgan fingerprint density at radius 3 is 3.08 bits per heavy atom. The third-order valence-corrected chi connectivity index (χ3v) is 8.07. The lowest BCUT2D eigenvalue weighted by molar-refractivity contribution is -0.141. The van der Waals surface area contributed by atoms with Crippen LogP contribution < -0.4 is 10.1 Å². The first-order chi connectivity index (χ1) is 18.5. The number of nitrogens with one attached hydrogen (secondary N) is 1. The van der Waals surface area contributed by atoms with Crippen LogP contribution in [0, 0.1) is 0 Å². The summed E-state index contributed by atoms with van der Waals surface area (Å²) in [5.41, 5.74) is 1.94. The molecule has 1 aromatic carbocycles. The molecule has 2 saturated heterocycles. The monoisotopic (exact) mass is 525 g/mol. The summed E-state index contributed by atoms with van der Waals surface area (Å²) in [4.78, 5) is 19.2. The van der Waals surface area contributed by atoms with E-state index in [4.69, 9.17) is 19.2 Å². The Bertz CT molecular complexity index is 1090. The van der Waals surface area contributed by atoms with Gasteiger partial charge in [-0.25, -0.2) is 9.37 Å². The first-order valence-electron chi connectivity index (χ1n) is 14.0. The van der Waals surface area contributed by atoms with Gasteiger partial charge in [-0.3, -0.25) is 9.69 Å². The molecule has 0 amide bonds. The number of carbonyl (C=O) groups is 1. The highest BCUT2D eigenvalue weighted by atomic mass is 19.1. The van der Waals surface area contributed by atoms with Gasteiger partial charge in [-0.2, -0.15) is 0 Å². The highest BCUT2D eigenvalue weighted by molar-refractivity contribution is 5.70. The number of benzene rings is 1. The van der Waals surface area contributed by atoms with Crippen molar-refractivity contribution in [3.05, 3.63) is 53.2 Å². The number of methoxy groups -OCH3 is 1. The van der Waals surface area contributed by atoms with Gasteiger partial charge in [0.25, 0.3) is 0 Å². The maximum Gasteiger partial charge on any atom is 0.306 e. The van der Waals surface area contributed by atoms with E-state index in [-0.39, 0.29) is 24.4 Å². The van der Waals surface area contributed by atoms with E-state index in [0.717, 1.165) is 61.7 Å². The molecule has 7 nitrogen and oxygen atoms in total. The molecule has 2 fully saturated rings. The first-order valence-corrected chi connectivity index (χ1v) is 14.0. The van der Waals surface area contributed by atoms with E-state index in [1.165, 1.54) is 12.7 Å². The van der Waals surface area contributed by atoms with Crippen LogP contribution >= 0.6 is 0 Å². The Kier molecular flexibility index (Phi) is 8.79. The molecule has 3 atom stereocenters. The molecule has 3 aliphatic heterocycles. The van der Waals surface area contributed by atoms with E-state index in [0.29, 0.717) is 45.5 Å². The van der Waals surface area contributed by atoms with Crippen molar-refractivity contribution >= 4 is 11.8 Å². The lowest BCUT2D eigenvalue weighted by Crippen LogP contribution is -2.33. The number of halogens is 1. The van der Waals surface area contributed by atoms with E-state index in [1.54, 1.807) is 0 Å². The van der Waals surface area contributed by atoms with Gasteiger partial charge in [-0.1, -0.05) is 18.2 Å². The Hall–Kier alpha value is -2.71. The second-order valence-corrected chi connectivity index (χ2v) is 11.0. The number of likely N-dealkylation sites (tertiary alicyclic amines) is 1. The molecule has 1 unspecified atom stereocenters. The number of fused-ring (bicyclic) bond motifs is 1. The summed E-state index contributed by atoms with van der Waals surface area (Å²) in [5, 5.41) is 3.36. The highest BCUT2D eigenvalue weighted by Crippen LogP contribution is 2.34. The van der Waals surface area contributed by atoms with Gasteiger partial charge in [0.15, 0.2) is 0 Å². The Morgan fingerprint density at radius 1 is 1.32 bits per heavy atom. The number of alkyl halides is 1. The number of esters is 1. The molecule has 0 saturated carbocycles. The predicted molar refractivity (Wildman–Crippen MR) is 145 cm³/mol. The number of rotatable bonds is 11. The van der Waals surface area contributed by atoms with E-state index >= 15 is 4.39 Å². The van der Waals surface area contributed by atoms with Crippen molar-refractivity contribution in [1.82, 2.24) is 9.88 Å². The summed E-state index contributed by atoms with van der Waals surface area (Å²) >= 11 is 0. The van der Waals surface area contributed by atoms with Gasteiger partial charge in [-0.15, -0.1) is 0 Å². The maximum atomic E-state index is 15.9. The van der Waals surface area contributed by atoms with E-state index < -0.39 is 5.67 Å². The first kappa shape index (κ1) is 26.9. The number of carbonyl (C=O) groups excluding carboxylic acids is 1. The summed E-state index contributed by atoms with van der Waals surface area (Å²) < 4.78 is 32.5. The zero-order valence-electron chi connectivity index (χ0n) is 22.4. The van der Waals surface area contributed by atoms with E-state index in [9.17, 15) is 4.79 Å². The molecule has 206 valence electrons. The lowest BCUT2D eigenvalue weighted by atomic mass is 9.94. The van der Waals surface area contributed by atoms with Gasteiger partial charge in [0, 0.05) is 44.4 Å². The smallest absolute Gasteiger partial charge is 0.306 e. The van der Waals surface area contributed by atoms with Crippen molar-refractivity contribution < 1.29 is 23.4 Å². The topological polar surface area (TPSA) is 72.9 Å². The molecule has 5 rings (SSSR count). The van der Waals surface area contributed by atoms with Gasteiger partial charge in [-0.05, 0) is 74.3 Å². The zero-order valence-corrected chi connectivity index (χ0v) is 22.4. The number of ether oxygens (including phenoxy) is 3. The number of aryl methyl sites for hydroxylation is 2. The number of pyridine rings is 1. The van der Waals surface area contributed by atoms with E-state index in [2.05, 4.69) is 16.3 Å². The molecule has 1 N–H and O–H groups in total. The minimum absolute atomic E-state index is 0.107. The fraction of sp³-hybridized carbons (Fsp3) is 0.600.